The van der Waals surface area contributed by atoms with E-state index < -0.39 is 76.3 Å². The van der Waals surface area contributed by atoms with Crippen LogP contribution < -0.4 is 45.9 Å². The van der Waals surface area contributed by atoms with E-state index in [1.54, 1.807) is 92.1 Å². The molecule has 0 aliphatic carbocycles. The number of carbonyl (C=O) groups excluding carboxylic acids is 3. The van der Waals surface area contributed by atoms with Crippen LogP contribution in [0.25, 0.3) is 0 Å². The number of thioether (sulfide) groups is 3. The van der Waals surface area contributed by atoms with E-state index in [-0.39, 0.29) is 118 Å². The summed E-state index contributed by atoms with van der Waals surface area (Å²) in [6.07, 6.45) is 8.57. The highest BCUT2D eigenvalue weighted by Crippen LogP contribution is 2.52. The lowest BCUT2D eigenvalue weighted by atomic mass is 9.92. The van der Waals surface area contributed by atoms with Crippen LogP contribution in [0.1, 0.15) is 166 Å². The van der Waals surface area contributed by atoms with Crippen molar-refractivity contribution in [3.63, 3.8) is 0 Å². The molecule has 0 bridgehead atoms. The first kappa shape index (κ1) is 84.0. The summed E-state index contributed by atoms with van der Waals surface area (Å²) < 4.78 is 115. The normalized spacial score (nSPS) is 18.4. The molecule has 9 aliphatic rings. The Bertz CT molecular complexity index is 6720. The fourth-order valence-electron chi connectivity index (χ4n) is 17.9. The molecule has 23 rings (SSSR count). The second-order valence-corrected chi connectivity index (χ2v) is 34.6. The standard InChI is InChI=1S/2C32H24F2N6O3S.C15H18N6O3.C14H10F2OS/c2*33-23-11-10-20-22(27(23)34)18-44-26-9-5-4-8-21(26)28(20)40-31-24-16-35-36-38(24)15-14-37(31)32(42)29-30(25(41)12-13-39(29)40)43-17-19-6-2-1-3-7-19;1-2-3-8-24-13-11(22)4-5-21-12(13)15(23)19-6-7-20-10(9-16-18-20)14(19)17-21;15-11-6-5-8-10(13(11)16)7-18-12-4-2-1-3-9(12)14(8)17/h2*1-13,16,28,31H,14-15,17-18H2;4-5,9,14,17H,2-3,6-8H2,1H3;1-6,14,17H,7H2/t28-,31+;28-,31-;;/m01../s1. The Morgan fingerprint density at radius 2 is 0.792 bits per heavy atom. The number of pyridine rings is 3. The summed E-state index contributed by atoms with van der Waals surface area (Å²) >= 11 is 4.26. The van der Waals surface area contributed by atoms with Gasteiger partial charge in [-0.2, -0.15) is 0 Å². The molecule has 15 heterocycles. The Labute approximate surface area is 748 Å². The van der Waals surface area contributed by atoms with Gasteiger partial charge in [0.1, 0.15) is 36.4 Å². The van der Waals surface area contributed by atoms with Crippen LogP contribution in [-0.2, 0) is 50.1 Å². The van der Waals surface area contributed by atoms with Gasteiger partial charge >= 0.3 is 0 Å². The number of hydrogen-bond acceptors (Lipinski definition) is 22. The molecule has 37 heteroatoms. The molecule has 8 aromatic carbocycles. The lowest BCUT2D eigenvalue weighted by Crippen LogP contribution is -2.60. The number of rotatable bonds is 12. The number of nitrogens with one attached hydrogen (secondary N) is 1. The monoisotopic (exact) mass is 1810 g/mol. The third-order valence-corrected chi connectivity index (χ3v) is 27.5. The molecule has 2 N–H and O–H groups in total. The molecular formula is C93H76F6N18O10S3. The predicted molar refractivity (Wildman–Crippen MR) is 466 cm³/mol. The van der Waals surface area contributed by atoms with E-state index >= 15 is 8.78 Å². The van der Waals surface area contributed by atoms with E-state index in [0.29, 0.717) is 66.6 Å². The molecule has 0 fully saturated rings. The largest absolute Gasteiger partial charge is 0.487 e. The SMILES string of the molecule is CCCCOc1c2n(ccc1=O)NC1c3cnnn3CCN1C2=O.O=C1c2c(OCc3ccccc3)c(=O)ccn2N([C@@H]2c3ccccc3SCc3c2ccc(F)c3F)[C@@H]2c3cnnn3CCN12.O=C1c2c(OCc3ccccc3)c(=O)ccn2N([C@H]2c3ccccc3SCc3c2ccc(F)c3F)[C@@H]2c3cnnn3CCN12.OC1c2ccccc2SCc2c1ccc(F)c2F. The number of ether oxygens (including phenoxy) is 3. The Morgan fingerprint density at radius 1 is 0.408 bits per heavy atom. The molecule has 0 spiro atoms. The quantitative estimate of drug-likeness (QED) is 0.0849. The van der Waals surface area contributed by atoms with Crippen molar-refractivity contribution in [3.8, 4) is 17.2 Å². The lowest BCUT2D eigenvalue weighted by molar-refractivity contribution is 0.0455. The highest BCUT2D eigenvalue weighted by atomic mass is 32.2. The van der Waals surface area contributed by atoms with Gasteiger partial charge in [0.05, 0.1) is 56.9 Å². The zero-order chi connectivity index (χ0) is 89.3. The summed E-state index contributed by atoms with van der Waals surface area (Å²) in [5.74, 6) is -5.67. The van der Waals surface area contributed by atoms with Gasteiger partial charge in [-0.3, -0.25) is 58.2 Å². The van der Waals surface area contributed by atoms with Crippen LogP contribution in [-0.4, -0.2) is 123 Å². The summed E-state index contributed by atoms with van der Waals surface area (Å²) in [4.78, 5) is 88.3. The minimum Gasteiger partial charge on any atom is -0.487 e. The zero-order valence-corrected chi connectivity index (χ0v) is 71.4. The Morgan fingerprint density at radius 3 is 1.26 bits per heavy atom. The van der Waals surface area contributed by atoms with Gasteiger partial charge in [0.15, 0.2) is 87.7 Å². The first-order chi connectivity index (χ1) is 63.4. The van der Waals surface area contributed by atoms with Crippen LogP contribution in [0.15, 0.2) is 254 Å². The summed E-state index contributed by atoms with van der Waals surface area (Å²) in [5.41, 5.74) is 10.9. The molecule has 14 aromatic rings. The molecule has 6 atom stereocenters. The average Bonchev–Trinajstić information content (AvgIpc) is 1.26. The third-order valence-electron chi connectivity index (χ3n) is 24.2. The molecular weight excluding hydrogens is 1740 g/mol. The highest BCUT2D eigenvalue weighted by molar-refractivity contribution is 7.99. The smallest absolute Gasteiger partial charge is 0.278 e. The van der Waals surface area contributed by atoms with Gasteiger partial charge in [0, 0.05) is 105 Å². The van der Waals surface area contributed by atoms with Gasteiger partial charge < -0.3 is 34.0 Å². The molecule has 9 aliphatic heterocycles. The maximum absolute atomic E-state index is 15.5. The number of unbranched alkanes of at least 4 members (excludes halogenated alkanes) is 1. The fourth-order valence-corrected chi connectivity index (χ4v) is 21.3. The second kappa shape index (κ2) is 35.1. The van der Waals surface area contributed by atoms with Crippen molar-refractivity contribution in [3.05, 3.63) is 386 Å². The van der Waals surface area contributed by atoms with E-state index in [4.69, 9.17) is 14.2 Å². The van der Waals surface area contributed by atoms with Crippen LogP contribution in [0.4, 0.5) is 26.3 Å². The number of amides is 3. The van der Waals surface area contributed by atoms with Crippen molar-refractivity contribution in [2.24, 2.45) is 0 Å². The molecule has 2 unspecified atom stereocenters. The number of aromatic nitrogens is 12. The van der Waals surface area contributed by atoms with Crippen LogP contribution in [0.3, 0.4) is 0 Å². The van der Waals surface area contributed by atoms with Crippen LogP contribution in [0.2, 0.25) is 0 Å². The number of hydrogen-bond donors (Lipinski definition) is 2. The molecule has 0 saturated carbocycles. The molecule has 0 saturated heterocycles. The minimum absolute atomic E-state index is 0.0594. The Kier molecular flexibility index (Phi) is 22.7. The van der Waals surface area contributed by atoms with Gasteiger partial charge in [-0.1, -0.05) is 162 Å². The molecule has 0 radical (unpaired) electrons. The van der Waals surface area contributed by atoms with E-state index in [2.05, 4.69) is 36.4 Å². The van der Waals surface area contributed by atoms with E-state index in [1.165, 1.54) is 59.6 Å². The Hall–Kier alpha value is -14.2. The van der Waals surface area contributed by atoms with E-state index in [9.17, 15) is 51.4 Å². The summed E-state index contributed by atoms with van der Waals surface area (Å²) in [5, 5.41) is 38.8. The number of halogens is 6. The third kappa shape index (κ3) is 14.9. The molecule has 6 aromatic heterocycles. The van der Waals surface area contributed by atoms with Gasteiger partial charge in [0.25, 0.3) is 17.7 Å². The number of carbonyl (C=O) groups is 3. The topological polar surface area (TPSA) is 285 Å². The van der Waals surface area contributed by atoms with E-state index in [1.807, 2.05) is 150 Å². The van der Waals surface area contributed by atoms with Gasteiger partial charge in [-0.05, 0) is 87.3 Å². The first-order valence-corrected chi connectivity index (χ1v) is 44.7. The fraction of sp³-hybridized carbons (Fsp3) is 0.226. The van der Waals surface area contributed by atoms with Gasteiger partial charge in [-0.25, -0.2) is 40.4 Å². The molecule has 658 valence electrons. The summed E-state index contributed by atoms with van der Waals surface area (Å²) in [6.45, 7) is 5.04. The molecule has 3 amide bonds. The minimum atomic E-state index is -0.926. The lowest BCUT2D eigenvalue weighted by Gasteiger charge is -2.51. The van der Waals surface area contributed by atoms with Crippen molar-refractivity contribution < 1.29 is 60.0 Å². The van der Waals surface area contributed by atoms with E-state index in [0.717, 1.165) is 79.2 Å². The van der Waals surface area contributed by atoms with Gasteiger partial charge in [0.2, 0.25) is 16.3 Å². The predicted octanol–water partition coefficient (Wildman–Crippen LogP) is 13.6. The van der Waals surface area contributed by atoms with Crippen molar-refractivity contribution in [1.29, 1.82) is 0 Å². The van der Waals surface area contributed by atoms with Crippen molar-refractivity contribution >= 4 is 53.0 Å². The number of fused-ring (bicyclic) bond motifs is 18. The average molecular weight is 1820 g/mol. The summed E-state index contributed by atoms with van der Waals surface area (Å²) in [6, 6.07) is 52.3. The number of nitrogens with zero attached hydrogens (tertiary/aromatic N) is 17. The zero-order valence-electron chi connectivity index (χ0n) is 68.9. The van der Waals surface area contributed by atoms with Crippen LogP contribution in [0.5, 0.6) is 17.2 Å². The highest BCUT2D eigenvalue weighted by Gasteiger charge is 2.52. The maximum atomic E-state index is 15.5. The van der Waals surface area contributed by atoms with Gasteiger partial charge in [-0.15, -0.1) is 50.6 Å². The maximum Gasteiger partial charge on any atom is 0.278 e. The molecule has 130 heavy (non-hydrogen) atoms. The van der Waals surface area contributed by atoms with Crippen LogP contribution >= 0.6 is 35.3 Å². The summed E-state index contributed by atoms with van der Waals surface area (Å²) in [7, 11) is 0. The Balaban J connectivity index is 0.000000115. The molecule has 28 nitrogen and oxygen atoms in total. The van der Waals surface area contributed by atoms with Crippen LogP contribution in [0, 0.1) is 34.9 Å². The number of benzene rings is 8. The first-order valence-electron chi connectivity index (χ1n) is 41.8. The number of aliphatic hydroxyl groups is 1. The number of aliphatic hydroxyl groups excluding tert-OH is 1. The van der Waals surface area contributed by atoms with Crippen molar-refractivity contribution in [2.45, 2.75) is 121 Å². The second-order valence-electron chi connectivity index (χ2n) is 31.5. The van der Waals surface area contributed by atoms with Crippen molar-refractivity contribution in [2.75, 3.05) is 41.7 Å². The van der Waals surface area contributed by atoms with Crippen molar-refractivity contribution in [1.82, 2.24) is 73.7 Å².